The predicted octanol–water partition coefficient (Wildman–Crippen LogP) is 3.72. The summed E-state index contributed by atoms with van der Waals surface area (Å²) in [5.74, 6) is -0.460. The standard InChI is InChI=1S/C11H12BrF3O/c1-11(7-12,16-6-10(14)15)8-4-2-3-5-9(8)13/h2-5,10H,6-7H2,1H3. The van der Waals surface area contributed by atoms with Crippen LogP contribution in [0.3, 0.4) is 0 Å². The van der Waals surface area contributed by atoms with Crippen LogP contribution in [0.25, 0.3) is 0 Å². The highest BCUT2D eigenvalue weighted by atomic mass is 79.9. The van der Waals surface area contributed by atoms with Gasteiger partial charge in [0.05, 0.1) is 0 Å². The Kier molecular flexibility index (Phi) is 4.80. The second-order valence-electron chi connectivity index (χ2n) is 3.55. The molecule has 1 atom stereocenters. The van der Waals surface area contributed by atoms with E-state index >= 15 is 0 Å². The van der Waals surface area contributed by atoms with Gasteiger partial charge in [-0.3, -0.25) is 0 Å². The first-order chi connectivity index (χ1) is 7.49. The van der Waals surface area contributed by atoms with Gasteiger partial charge in [-0.1, -0.05) is 34.1 Å². The van der Waals surface area contributed by atoms with Gasteiger partial charge in [0.15, 0.2) is 0 Å². The molecular formula is C11H12BrF3O. The maximum absolute atomic E-state index is 13.5. The van der Waals surface area contributed by atoms with E-state index in [2.05, 4.69) is 15.9 Å². The minimum absolute atomic E-state index is 0.244. The molecular weight excluding hydrogens is 285 g/mol. The van der Waals surface area contributed by atoms with Crippen LogP contribution in [0, 0.1) is 5.82 Å². The minimum atomic E-state index is -2.56. The lowest BCUT2D eigenvalue weighted by atomic mass is 9.97. The average Bonchev–Trinajstić information content (AvgIpc) is 2.26. The summed E-state index contributed by atoms with van der Waals surface area (Å²) in [6.07, 6.45) is -2.56. The maximum Gasteiger partial charge on any atom is 0.261 e. The predicted molar refractivity (Wildman–Crippen MR) is 59.5 cm³/mol. The third kappa shape index (κ3) is 3.22. The third-order valence-electron chi connectivity index (χ3n) is 2.23. The molecule has 0 N–H and O–H groups in total. The van der Waals surface area contributed by atoms with E-state index in [1.54, 1.807) is 19.1 Å². The molecule has 1 aromatic rings. The van der Waals surface area contributed by atoms with E-state index in [1.807, 2.05) is 0 Å². The molecule has 16 heavy (non-hydrogen) atoms. The summed E-state index contributed by atoms with van der Waals surface area (Å²) in [6, 6.07) is 6.00. The maximum atomic E-state index is 13.5. The highest BCUT2D eigenvalue weighted by Crippen LogP contribution is 2.30. The Balaban J connectivity index is 2.91. The summed E-state index contributed by atoms with van der Waals surface area (Å²) in [4.78, 5) is 0. The van der Waals surface area contributed by atoms with Gasteiger partial charge in [-0.05, 0) is 13.0 Å². The Labute approximate surface area is 101 Å². The number of alkyl halides is 3. The molecule has 0 saturated carbocycles. The van der Waals surface area contributed by atoms with Crippen molar-refractivity contribution in [2.75, 3.05) is 11.9 Å². The topological polar surface area (TPSA) is 9.23 Å². The molecule has 5 heteroatoms. The van der Waals surface area contributed by atoms with E-state index < -0.39 is 24.5 Å². The number of hydrogen-bond donors (Lipinski definition) is 0. The van der Waals surface area contributed by atoms with Crippen LogP contribution in [0.1, 0.15) is 12.5 Å². The Morgan fingerprint density at radius 1 is 1.38 bits per heavy atom. The van der Waals surface area contributed by atoms with Gasteiger partial charge >= 0.3 is 0 Å². The summed E-state index contributed by atoms with van der Waals surface area (Å²) in [6.45, 7) is 0.860. The fourth-order valence-corrected chi connectivity index (χ4v) is 1.79. The van der Waals surface area contributed by atoms with Crippen LogP contribution in [0.15, 0.2) is 24.3 Å². The Morgan fingerprint density at radius 2 is 2.00 bits per heavy atom. The van der Waals surface area contributed by atoms with E-state index in [4.69, 9.17) is 4.74 Å². The van der Waals surface area contributed by atoms with Crippen molar-refractivity contribution < 1.29 is 17.9 Å². The van der Waals surface area contributed by atoms with Crippen LogP contribution in [0.5, 0.6) is 0 Å². The molecule has 1 nitrogen and oxygen atoms in total. The van der Waals surface area contributed by atoms with E-state index in [1.165, 1.54) is 12.1 Å². The smallest absolute Gasteiger partial charge is 0.261 e. The normalized spacial score (nSPS) is 15.1. The number of rotatable bonds is 5. The van der Waals surface area contributed by atoms with Crippen LogP contribution in [0.4, 0.5) is 13.2 Å². The monoisotopic (exact) mass is 296 g/mol. The summed E-state index contributed by atoms with van der Waals surface area (Å²) < 4.78 is 42.7. The molecule has 0 aliphatic heterocycles. The number of ether oxygens (including phenoxy) is 1. The van der Waals surface area contributed by atoms with Gasteiger partial charge < -0.3 is 4.74 Å². The minimum Gasteiger partial charge on any atom is -0.364 e. The molecule has 0 spiro atoms. The van der Waals surface area contributed by atoms with Crippen LogP contribution in [-0.2, 0) is 10.3 Å². The van der Waals surface area contributed by atoms with Crippen molar-refractivity contribution in [3.05, 3.63) is 35.6 Å². The van der Waals surface area contributed by atoms with Crippen molar-refractivity contribution in [1.29, 1.82) is 0 Å². The van der Waals surface area contributed by atoms with Gasteiger partial charge in [-0.2, -0.15) is 0 Å². The molecule has 1 unspecified atom stereocenters. The first-order valence-corrected chi connectivity index (χ1v) is 5.85. The average molecular weight is 297 g/mol. The molecule has 0 heterocycles. The van der Waals surface area contributed by atoms with Crippen LogP contribution >= 0.6 is 15.9 Å². The van der Waals surface area contributed by atoms with E-state index in [0.717, 1.165) is 0 Å². The van der Waals surface area contributed by atoms with Crippen molar-refractivity contribution in [3.63, 3.8) is 0 Å². The molecule has 0 bridgehead atoms. The lowest BCUT2D eigenvalue weighted by molar-refractivity contribution is -0.0718. The Bertz CT molecular complexity index is 346. The quantitative estimate of drug-likeness (QED) is 0.753. The molecule has 90 valence electrons. The first-order valence-electron chi connectivity index (χ1n) is 4.72. The lowest BCUT2D eigenvalue weighted by Gasteiger charge is -2.28. The fraction of sp³-hybridized carbons (Fsp3) is 0.455. The summed E-state index contributed by atoms with van der Waals surface area (Å²) >= 11 is 3.16. The Morgan fingerprint density at radius 3 is 2.50 bits per heavy atom. The zero-order valence-corrected chi connectivity index (χ0v) is 10.3. The SMILES string of the molecule is CC(CBr)(OCC(F)F)c1ccccc1F. The lowest BCUT2D eigenvalue weighted by Crippen LogP contribution is -2.31. The zero-order valence-electron chi connectivity index (χ0n) is 8.72. The fourth-order valence-electron chi connectivity index (χ4n) is 1.33. The molecule has 0 amide bonds. The highest BCUT2D eigenvalue weighted by molar-refractivity contribution is 9.09. The largest absolute Gasteiger partial charge is 0.364 e. The number of halogens is 4. The van der Waals surface area contributed by atoms with Gasteiger partial charge in [0.2, 0.25) is 0 Å². The third-order valence-corrected chi connectivity index (χ3v) is 3.30. The molecule has 0 aliphatic rings. The van der Waals surface area contributed by atoms with Crippen molar-refractivity contribution >= 4 is 15.9 Å². The van der Waals surface area contributed by atoms with E-state index in [9.17, 15) is 13.2 Å². The van der Waals surface area contributed by atoms with Crippen molar-refractivity contribution in [2.45, 2.75) is 19.0 Å². The second kappa shape index (κ2) is 5.68. The molecule has 0 radical (unpaired) electrons. The van der Waals surface area contributed by atoms with Crippen molar-refractivity contribution in [2.24, 2.45) is 0 Å². The van der Waals surface area contributed by atoms with Crippen LogP contribution < -0.4 is 0 Å². The van der Waals surface area contributed by atoms with Gasteiger partial charge in [0.1, 0.15) is 18.0 Å². The Hall–Kier alpha value is -0.550. The van der Waals surface area contributed by atoms with Gasteiger partial charge in [-0.15, -0.1) is 0 Å². The number of benzene rings is 1. The van der Waals surface area contributed by atoms with Gasteiger partial charge in [0, 0.05) is 10.9 Å². The molecule has 0 fully saturated rings. The summed E-state index contributed by atoms with van der Waals surface area (Å²) in [7, 11) is 0. The van der Waals surface area contributed by atoms with Crippen molar-refractivity contribution in [3.8, 4) is 0 Å². The van der Waals surface area contributed by atoms with Crippen LogP contribution in [-0.4, -0.2) is 18.4 Å². The first kappa shape index (κ1) is 13.5. The molecule has 0 saturated heterocycles. The van der Waals surface area contributed by atoms with E-state index in [-0.39, 0.29) is 10.9 Å². The van der Waals surface area contributed by atoms with Crippen molar-refractivity contribution in [1.82, 2.24) is 0 Å². The summed E-state index contributed by atoms with van der Waals surface area (Å²) in [5.41, 5.74) is -0.811. The summed E-state index contributed by atoms with van der Waals surface area (Å²) in [5, 5.41) is 0.244. The zero-order chi connectivity index (χ0) is 12.2. The van der Waals surface area contributed by atoms with E-state index in [0.29, 0.717) is 0 Å². The van der Waals surface area contributed by atoms with Gasteiger partial charge in [-0.25, -0.2) is 13.2 Å². The molecule has 0 aromatic heterocycles. The van der Waals surface area contributed by atoms with Gasteiger partial charge in [0.25, 0.3) is 6.43 Å². The molecule has 1 rings (SSSR count). The molecule has 0 aliphatic carbocycles. The highest BCUT2D eigenvalue weighted by Gasteiger charge is 2.30. The second-order valence-corrected chi connectivity index (χ2v) is 4.11. The molecule has 1 aromatic carbocycles. The van der Waals surface area contributed by atoms with Crippen LogP contribution in [0.2, 0.25) is 0 Å². The number of hydrogen-bond acceptors (Lipinski definition) is 1.